The van der Waals surface area contributed by atoms with Crippen molar-refractivity contribution in [2.24, 2.45) is 0 Å². The van der Waals surface area contributed by atoms with Gasteiger partial charge < -0.3 is 24.8 Å². The number of nitrogens with zero attached hydrogens (tertiary/aromatic N) is 2. The fourth-order valence-corrected chi connectivity index (χ4v) is 3.86. The van der Waals surface area contributed by atoms with E-state index in [1.807, 2.05) is 18.2 Å². The summed E-state index contributed by atoms with van der Waals surface area (Å²) in [5.41, 5.74) is 1.19. The fourth-order valence-electron chi connectivity index (χ4n) is 3.86. The number of hydrogen-bond donors (Lipinski definition) is 2. The third-order valence-electron chi connectivity index (χ3n) is 5.40. The van der Waals surface area contributed by atoms with Crippen molar-refractivity contribution in [3.63, 3.8) is 0 Å². The van der Waals surface area contributed by atoms with Crippen LogP contribution in [-0.4, -0.2) is 46.6 Å². The summed E-state index contributed by atoms with van der Waals surface area (Å²) in [6, 6.07) is 11.0. The van der Waals surface area contributed by atoms with Gasteiger partial charge in [0.2, 0.25) is 11.8 Å². The molecule has 0 radical (unpaired) electrons. The van der Waals surface area contributed by atoms with Gasteiger partial charge in [-0.3, -0.25) is 14.4 Å². The van der Waals surface area contributed by atoms with Crippen LogP contribution in [0.2, 0.25) is 0 Å². The van der Waals surface area contributed by atoms with Crippen LogP contribution >= 0.6 is 0 Å². The van der Waals surface area contributed by atoms with Crippen LogP contribution in [-0.2, 0) is 27.3 Å². The van der Waals surface area contributed by atoms with Crippen molar-refractivity contribution >= 4 is 23.6 Å². The number of carbonyl (C=O) groups is 3. The third-order valence-corrected chi connectivity index (χ3v) is 5.40. The van der Waals surface area contributed by atoms with E-state index >= 15 is 0 Å². The highest BCUT2D eigenvalue weighted by molar-refractivity contribution is 5.93. The van der Waals surface area contributed by atoms with Crippen LogP contribution in [0.15, 0.2) is 47.4 Å². The van der Waals surface area contributed by atoms with Crippen LogP contribution in [0.5, 0.6) is 0 Å². The Morgan fingerprint density at radius 2 is 1.85 bits per heavy atom. The van der Waals surface area contributed by atoms with E-state index in [1.165, 1.54) is 29.4 Å². The first-order chi connectivity index (χ1) is 16.0. The Balaban J connectivity index is 1.60. The van der Waals surface area contributed by atoms with Crippen molar-refractivity contribution in [2.75, 3.05) is 18.9 Å². The summed E-state index contributed by atoms with van der Waals surface area (Å²) in [6.45, 7) is 4.74. The summed E-state index contributed by atoms with van der Waals surface area (Å²) < 4.78 is 6.47. The average molecular weight is 469 g/mol. The highest BCUT2D eigenvalue weighted by atomic mass is 16.6. The molecular formula is C25H32N4O5. The third kappa shape index (κ3) is 6.69. The first-order valence-corrected chi connectivity index (χ1v) is 11.3. The quantitative estimate of drug-likeness (QED) is 0.678. The standard InChI is InChI=1S/C25H32N4O5/c1-25(2,3)34-24(33)28(4)15-21(30)27-20-13-8-14-29(23(20)32)16-22(31)26-19-12-7-10-17-9-5-6-11-18(17)19/h5-6,8-9,11,13-14,19H,7,10,12,15-16H2,1-4H3,(H,26,31)(H,27,30)/t19-/m1/s1. The molecule has 1 atom stereocenters. The van der Waals surface area contributed by atoms with Crippen LogP contribution in [0, 0.1) is 0 Å². The van der Waals surface area contributed by atoms with Crippen LogP contribution in [0.25, 0.3) is 0 Å². The predicted molar refractivity (Wildman–Crippen MR) is 128 cm³/mol. The maximum atomic E-state index is 12.8. The van der Waals surface area contributed by atoms with Gasteiger partial charge in [0.25, 0.3) is 5.56 Å². The molecule has 1 aliphatic rings. The van der Waals surface area contributed by atoms with Gasteiger partial charge >= 0.3 is 6.09 Å². The Kier molecular flexibility index (Phi) is 7.75. The summed E-state index contributed by atoms with van der Waals surface area (Å²) in [4.78, 5) is 51.0. The van der Waals surface area contributed by atoms with Gasteiger partial charge in [-0.25, -0.2) is 4.79 Å². The molecule has 0 saturated heterocycles. The predicted octanol–water partition coefficient (Wildman–Crippen LogP) is 2.85. The molecule has 0 unspecified atom stereocenters. The lowest BCUT2D eigenvalue weighted by atomic mass is 9.88. The number of pyridine rings is 1. The second-order valence-corrected chi connectivity index (χ2v) is 9.45. The van der Waals surface area contributed by atoms with E-state index in [0.717, 1.165) is 29.7 Å². The average Bonchev–Trinajstić information content (AvgIpc) is 2.75. The minimum Gasteiger partial charge on any atom is -0.444 e. The molecule has 3 rings (SSSR count). The largest absolute Gasteiger partial charge is 0.444 e. The van der Waals surface area contributed by atoms with E-state index in [9.17, 15) is 19.2 Å². The molecule has 0 spiro atoms. The molecule has 1 aliphatic carbocycles. The molecule has 9 nitrogen and oxygen atoms in total. The number of ether oxygens (including phenoxy) is 1. The number of fused-ring (bicyclic) bond motifs is 1. The minimum atomic E-state index is -0.685. The summed E-state index contributed by atoms with van der Waals surface area (Å²) >= 11 is 0. The molecule has 2 aromatic rings. The van der Waals surface area contributed by atoms with Crippen molar-refractivity contribution < 1.29 is 19.1 Å². The maximum Gasteiger partial charge on any atom is 0.410 e. The molecule has 3 amide bonds. The molecule has 2 N–H and O–H groups in total. The van der Waals surface area contributed by atoms with Gasteiger partial charge in [-0.05, 0) is 63.3 Å². The normalized spacial score (nSPS) is 15.1. The van der Waals surface area contributed by atoms with Gasteiger partial charge in [0.15, 0.2) is 0 Å². The Labute approximate surface area is 199 Å². The molecule has 1 heterocycles. The van der Waals surface area contributed by atoms with Crippen molar-refractivity contribution in [3.05, 3.63) is 64.1 Å². The van der Waals surface area contributed by atoms with Crippen molar-refractivity contribution in [2.45, 2.75) is 58.2 Å². The second kappa shape index (κ2) is 10.5. The molecule has 9 heteroatoms. The topological polar surface area (TPSA) is 110 Å². The highest BCUT2D eigenvalue weighted by Gasteiger charge is 2.23. The smallest absolute Gasteiger partial charge is 0.410 e. The summed E-state index contributed by atoms with van der Waals surface area (Å²) in [7, 11) is 1.44. The minimum absolute atomic E-state index is 0.0286. The lowest BCUT2D eigenvalue weighted by Gasteiger charge is -2.26. The van der Waals surface area contributed by atoms with Crippen LogP contribution in [0.3, 0.4) is 0 Å². The zero-order valence-electron chi connectivity index (χ0n) is 20.1. The van der Waals surface area contributed by atoms with Crippen molar-refractivity contribution in [1.82, 2.24) is 14.8 Å². The van der Waals surface area contributed by atoms with Gasteiger partial charge in [-0.15, -0.1) is 0 Å². The molecule has 182 valence electrons. The Morgan fingerprint density at radius 1 is 1.12 bits per heavy atom. The summed E-state index contributed by atoms with van der Waals surface area (Å²) in [5.74, 6) is -0.830. The molecular weight excluding hydrogens is 436 g/mol. The van der Waals surface area contributed by atoms with Crippen LogP contribution < -0.4 is 16.2 Å². The van der Waals surface area contributed by atoms with E-state index in [0.29, 0.717) is 0 Å². The van der Waals surface area contributed by atoms with Crippen molar-refractivity contribution in [1.29, 1.82) is 0 Å². The van der Waals surface area contributed by atoms with E-state index in [1.54, 1.807) is 26.8 Å². The number of hydrogen-bond acceptors (Lipinski definition) is 5. The van der Waals surface area contributed by atoms with Gasteiger partial charge in [0.05, 0.1) is 6.04 Å². The maximum absolute atomic E-state index is 12.8. The van der Waals surface area contributed by atoms with E-state index < -0.39 is 23.2 Å². The second-order valence-electron chi connectivity index (χ2n) is 9.45. The molecule has 0 aliphatic heterocycles. The van der Waals surface area contributed by atoms with E-state index in [4.69, 9.17) is 4.74 Å². The number of anilines is 1. The monoisotopic (exact) mass is 468 g/mol. The van der Waals surface area contributed by atoms with Gasteiger partial charge in [0.1, 0.15) is 24.4 Å². The summed E-state index contributed by atoms with van der Waals surface area (Å²) in [6.07, 6.45) is 3.68. The highest BCUT2D eigenvalue weighted by Crippen LogP contribution is 2.29. The van der Waals surface area contributed by atoms with Crippen LogP contribution in [0.1, 0.15) is 50.8 Å². The SMILES string of the molecule is CN(CC(=O)Nc1cccn(CC(=O)N[C@@H]2CCCc3ccccc32)c1=O)C(=O)OC(C)(C)C. The number of rotatable bonds is 6. The van der Waals surface area contributed by atoms with E-state index in [-0.39, 0.29) is 30.7 Å². The van der Waals surface area contributed by atoms with Gasteiger partial charge in [-0.1, -0.05) is 24.3 Å². The number of benzene rings is 1. The first-order valence-electron chi connectivity index (χ1n) is 11.3. The fraction of sp³-hybridized carbons (Fsp3) is 0.440. The Hall–Kier alpha value is -3.62. The van der Waals surface area contributed by atoms with Gasteiger partial charge in [0, 0.05) is 13.2 Å². The molecule has 0 fully saturated rings. The zero-order chi connectivity index (χ0) is 24.9. The van der Waals surface area contributed by atoms with E-state index in [2.05, 4.69) is 16.7 Å². The molecule has 34 heavy (non-hydrogen) atoms. The summed E-state index contributed by atoms with van der Waals surface area (Å²) in [5, 5.41) is 5.54. The lowest BCUT2D eigenvalue weighted by Crippen LogP contribution is -2.40. The van der Waals surface area contributed by atoms with Gasteiger partial charge in [-0.2, -0.15) is 0 Å². The molecule has 0 bridgehead atoms. The number of aryl methyl sites for hydroxylation is 1. The molecule has 1 aromatic carbocycles. The van der Waals surface area contributed by atoms with Crippen LogP contribution in [0.4, 0.5) is 10.5 Å². The number of carbonyl (C=O) groups excluding carboxylic acids is 3. The zero-order valence-corrected chi connectivity index (χ0v) is 20.1. The Bertz CT molecular complexity index is 1120. The number of amides is 3. The number of likely N-dealkylation sites (N-methyl/N-ethyl adjacent to an activating group) is 1. The number of aromatic nitrogens is 1. The number of nitrogens with one attached hydrogen (secondary N) is 2. The van der Waals surface area contributed by atoms with Crippen molar-refractivity contribution in [3.8, 4) is 0 Å². The molecule has 1 aromatic heterocycles. The lowest BCUT2D eigenvalue weighted by molar-refractivity contribution is -0.122. The molecule has 0 saturated carbocycles. The first kappa shape index (κ1) is 25.0. The Morgan fingerprint density at radius 3 is 2.59 bits per heavy atom.